The quantitative estimate of drug-likeness (QED) is 0.472. The van der Waals surface area contributed by atoms with E-state index in [1.807, 2.05) is 31.2 Å². The molecule has 32 heavy (non-hydrogen) atoms. The number of hydrogen-bond donors (Lipinski definition) is 2. The van der Waals surface area contributed by atoms with E-state index in [0.29, 0.717) is 39.6 Å². The molecule has 0 bridgehead atoms. The first-order valence-electron chi connectivity index (χ1n) is 10.8. The van der Waals surface area contributed by atoms with Gasteiger partial charge in [0, 0.05) is 16.0 Å². The van der Waals surface area contributed by atoms with Crippen molar-refractivity contribution in [2.75, 3.05) is 18.1 Å². The highest BCUT2D eigenvalue weighted by Gasteiger charge is 2.45. The minimum Gasteiger partial charge on any atom is -0.255 e. The van der Waals surface area contributed by atoms with Gasteiger partial charge in [-0.15, -0.1) is 5.01 Å². The molecule has 3 atom stereocenters. The molecule has 0 aromatic heterocycles. The summed E-state index contributed by atoms with van der Waals surface area (Å²) in [7, 11) is 0. The summed E-state index contributed by atoms with van der Waals surface area (Å²) in [6, 6.07) is 12.3. The van der Waals surface area contributed by atoms with Gasteiger partial charge < -0.3 is 0 Å². The number of anilines is 1. The van der Waals surface area contributed by atoms with Gasteiger partial charge in [0.1, 0.15) is 0 Å². The number of amides is 1. The highest BCUT2D eigenvalue weighted by molar-refractivity contribution is 6.38. The number of hydrazone groups is 1. The Morgan fingerprint density at radius 2 is 1.62 bits per heavy atom. The van der Waals surface area contributed by atoms with Crippen LogP contribution < -0.4 is 10.2 Å². The number of halogens is 3. The minimum atomic E-state index is -0.439. The molecule has 0 radical (unpaired) electrons. The largest absolute Gasteiger partial charge is 0.412 e. The van der Waals surface area contributed by atoms with Crippen molar-refractivity contribution < 1.29 is 15.2 Å². The van der Waals surface area contributed by atoms with E-state index < -0.39 is 5.91 Å². The number of nitrogens with zero attached hydrogens (tertiary/aromatic N) is 3. The van der Waals surface area contributed by atoms with Crippen LogP contribution in [-0.2, 0) is 4.79 Å². The molecule has 2 heterocycles. The van der Waals surface area contributed by atoms with Crippen LogP contribution in [0.4, 0.5) is 5.69 Å². The fourth-order valence-corrected chi connectivity index (χ4v) is 5.01. The minimum absolute atomic E-state index is 0.226. The molecular weight excluding hydrogens is 471 g/mol. The molecule has 0 saturated carbocycles. The van der Waals surface area contributed by atoms with Crippen LogP contribution in [-0.4, -0.2) is 34.9 Å². The molecule has 0 spiro atoms. The molecule has 1 saturated heterocycles. The second kappa shape index (κ2) is 10.1. The van der Waals surface area contributed by atoms with Crippen molar-refractivity contribution in [1.29, 1.82) is 0 Å². The van der Waals surface area contributed by atoms with Crippen LogP contribution in [0.1, 0.15) is 44.2 Å². The number of carbonyl (C=O) groups is 1. The van der Waals surface area contributed by atoms with Gasteiger partial charge >= 0.3 is 5.91 Å². The first-order chi connectivity index (χ1) is 15.4. The molecule has 2 aromatic rings. The number of quaternary nitrogens is 1. The van der Waals surface area contributed by atoms with Crippen molar-refractivity contribution in [3.8, 4) is 0 Å². The molecular formula is C23H26Cl3N4O2+. The summed E-state index contributed by atoms with van der Waals surface area (Å²) in [5.41, 5.74) is 1.88. The number of hydrogen-bond acceptors (Lipinski definition) is 5. The highest BCUT2D eigenvalue weighted by atomic mass is 35.5. The van der Waals surface area contributed by atoms with E-state index in [1.165, 1.54) is 0 Å². The van der Waals surface area contributed by atoms with E-state index in [-0.39, 0.29) is 17.1 Å². The summed E-state index contributed by atoms with van der Waals surface area (Å²) < 4.78 is 0. The van der Waals surface area contributed by atoms with E-state index >= 15 is 0 Å². The smallest absolute Gasteiger partial charge is 0.255 e. The highest BCUT2D eigenvalue weighted by Crippen LogP contribution is 2.42. The zero-order valence-corrected chi connectivity index (χ0v) is 20.0. The molecule has 1 fully saturated rings. The first-order valence-corrected chi connectivity index (χ1v) is 11.9. The summed E-state index contributed by atoms with van der Waals surface area (Å²) in [6.45, 7) is 3.29. The van der Waals surface area contributed by atoms with Gasteiger partial charge in [-0.3, -0.25) is 5.01 Å². The summed E-state index contributed by atoms with van der Waals surface area (Å²) in [5, 5.41) is 20.4. The Hall–Kier alpha value is -1.67. The molecule has 1 amide bonds. The van der Waals surface area contributed by atoms with Crippen molar-refractivity contribution >= 4 is 52.1 Å². The van der Waals surface area contributed by atoms with Gasteiger partial charge in [-0.1, -0.05) is 66.7 Å². The van der Waals surface area contributed by atoms with Crippen LogP contribution in [0.25, 0.3) is 0 Å². The maximum Gasteiger partial charge on any atom is 0.412 e. The molecule has 170 valence electrons. The molecule has 2 N–H and O–H groups in total. The molecule has 2 aliphatic heterocycles. The number of carbonyl (C=O) groups excluding carboxylic acids is 1. The number of benzene rings is 2. The Labute approximate surface area is 202 Å². The van der Waals surface area contributed by atoms with Gasteiger partial charge in [0.25, 0.3) is 0 Å². The maximum absolute atomic E-state index is 13.4. The fraction of sp³-hybridized carbons (Fsp3) is 0.391. The second-order valence-electron chi connectivity index (χ2n) is 8.26. The number of hydroxylamine groups is 1. The van der Waals surface area contributed by atoms with E-state index in [4.69, 9.17) is 34.8 Å². The van der Waals surface area contributed by atoms with Crippen LogP contribution in [0.15, 0.2) is 47.6 Å². The molecule has 4 rings (SSSR count). The van der Waals surface area contributed by atoms with E-state index in [0.717, 1.165) is 31.2 Å². The van der Waals surface area contributed by atoms with E-state index in [9.17, 15) is 10.0 Å². The Bertz CT molecular complexity index is 1010. The second-order valence-corrected chi connectivity index (χ2v) is 9.54. The van der Waals surface area contributed by atoms with Gasteiger partial charge in [0.15, 0.2) is 5.71 Å². The Kier molecular flexibility index (Phi) is 7.40. The third-order valence-corrected chi connectivity index (χ3v) is 6.88. The normalized spacial score (nSPS) is 23.0. The molecule has 0 aliphatic carbocycles. The maximum atomic E-state index is 13.4. The van der Waals surface area contributed by atoms with Crippen LogP contribution >= 0.6 is 34.8 Å². The van der Waals surface area contributed by atoms with Gasteiger partial charge in [-0.25, -0.2) is 4.79 Å². The van der Waals surface area contributed by atoms with Crippen molar-refractivity contribution in [1.82, 2.24) is 5.01 Å². The Morgan fingerprint density at radius 3 is 2.25 bits per heavy atom. The van der Waals surface area contributed by atoms with Crippen LogP contribution in [0, 0.1) is 5.92 Å². The molecule has 2 aliphatic rings. The van der Waals surface area contributed by atoms with Crippen molar-refractivity contribution in [3.63, 3.8) is 0 Å². The SMILES string of the molecule is C[C@H]1C(C(=O)[NH+](O)N2CCCCCC2)=NN(c2ccc(Cl)cc2Cl)[C@H]1c1ccc(Cl)cc1. The standard InChI is InChI=1S/C23H25Cl3N4O2/c1-15-21(23(31)30(32)28-12-4-2-3-5-13-28)27-29(20-11-10-18(25)14-19(20)26)22(15)16-6-8-17(24)9-7-16/h6-11,14-15,22,32H,2-5,12-13H2,1H3/p+1/t15-,22+/m0/s1. The van der Waals surface area contributed by atoms with E-state index in [2.05, 4.69) is 5.10 Å². The predicted octanol–water partition coefficient (Wildman–Crippen LogP) is 4.79. The average Bonchev–Trinajstić information content (AvgIpc) is 2.94. The van der Waals surface area contributed by atoms with Gasteiger partial charge in [0.05, 0.1) is 29.8 Å². The zero-order chi connectivity index (χ0) is 22.8. The molecule has 6 nitrogen and oxygen atoms in total. The molecule has 9 heteroatoms. The zero-order valence-electron chi connectivity index (χ0n) is 17.8. The first kappa shape index (κ1) is 23.5. The summed E-state index contributed by atoms with van der Waals surface area (Å²) in [4.78, 5) is 13.4. The van der Waals surface area contributed by atoms with E-state index in [1.54, 1.807) is 28.2 Å². The molecule has 2 aromatic carbocycles. The summed E-state index contributed by atoms with van der Waals surface area (Å²) in [5.74, 6) is -0.726. The summed E-state index contributed by atoms with van der Waals surface area (Å²) in [6.07, 6.45) is 4.13. The number of rotatable bonds is 4. The van der Waals surface area contributed by atoms with Gasteiger partial charge in [-0.2, -0.15) is 10.3 Å². The van der Waals surface area contributed by atoms with Gasteiger partial charge in [-0.05, 0) is 53.9 Å². The molecule has 1 unspecified atom stereocenters. The third kappa shape index (κ3) is 4.81. The van der Waals surface area contributed by atoms with Crippen molar-refractivity contribution in [3.05, 3.63) is 63.1 Å². The van der Waals surface area contributed by atoms with Crippen LogP contribution in [0.3, 0.4) is 0 Å². The fourth-order valence-electron chi connectivity index (χ4n) is 4.38. The lowest BCUT2D eigenvalue weighted by Gasteiger charge is -2.27. The number of nitrogens with one attached hydrogen (secondary N) is 1. The van der Waals surface area contributed by atoms with Gasteiger partial charge in [0.2, 0.25) is 0 Å². The monoisotopic (exact) mass is 495 g/mol. The topological polar surface area (TPSA) is 60.6 Å². The van der Waals surface area contributed by atoms with Crippen molar-refractivity contribution in [2.45, 2.75) is 38.6 Å². The lowest BCUT2D eigenvalue weighted by molar-refractivity contribution is -1.11. The Balaban J connectivity index is 1.70. The van der Waals surface area contributed by atoms with Crippen molar-refractivity contribution in [2.24, 2.45) is 11.0 Å². The summed E-state index contributed by atoms with van der Waals surface area (Å²) >= 11 is 18.7. The predicted molar refractivity (Wildman–Crippen MR) is 128 cm³/mol. The third-order valence-electron chi connectivity index (χ3n) is 6.09. The van der Waals surface area contributed by atoms with Crippen LogP contribution in [0.2, 0.25) is 15.1 Å². The Morgan fingerprint density at radius 1 is 1.00 bits per heavy atom. The lowest BCUT2D eigenvalue weighted by atomic mass is 9.91. The average molecular weight is 497 g/mol. The van der Waals surface area contributed by atoms with Crippen LogP contribution in [0.5, 0.6) is 0 Å². The lowest BCUT2D eigenvalue weighted by Crippen LogP contribution is -3.19.